The normalized spacial score (nSPS) is 12.5. The quantitative estimate of drug-likeness (QED) is 0.486. The summed E-state index contributed by atoms with van der Waals surface area (Å²) in [5.41, 5.74) is 13.7. The number of aliphatic imine (C=N–C) groups is 1. The number of hydrogen-bond acceptors (Lipinski definition) is 4. The van der Waals surface area contributed by atoms with E-state index in [9.17, 15) is 4.79 Å². The minimum Gasteiger partial charge on any atom is -0.478 e. The number of imidazole rings is 1. The molecule has 0 fully saturated rings. The maximum Gasteiger partial charge on any atom is 0.335 e. The van der Waals surface area contributed by atoms with Crippen LogP contribution in [-0.2, 0) is 0 Å². The molecule has 132 valence electrons. The van der Waals surface area contributed by atoms with Crippen LogP contribution in [0.4, 0.5) is 5.69 Å². The molecule has 0 saturated carbocycles. The summed E-state index contributed by atoms with van der Waals surface area (Å²) >= 11 is 0. The highest BCUT2D eigenvalue weighted by molar-refractivity contribution is 5.96. The minimum atomic E-state index is -0.987. The number of hydrogen-bond donors (Lipinski definition) is 4. The van der Waals surface area contributed by atoms with Crippen LogP contribution >= 0.6 is 0 Å². The molecule has 0 amide bonds. The van der Waals surface area contributed by atoms with Crippen molar-refractivity contribution in [2.24, 2.45) is 16.5 Å². The summed E-state index contributed by atoms with van der Waals surface area (Å²) < 4.78 is 2.01. The lowest BCUT2D eigenvalue weighted by molar-refractivity contribution is 0.0697. The Morgan fingerprint density at radius 1 is 1.36 bits per heavy atom. The summed E-state index contributed by atoms with van der Waals surface area (Å²) in [5, 5.41) is 11.8. The Morgan fingerprint density at radius 3 is 2.52 bits per heavy atom. The summed E-state index contributed by atoms with van der Waals surface area (Å²) in [6, 6.07) is 6.38. The molecule has 25 heavy (non-hydrogen) atoms. The van der Waals surface area contributed by atoms with Crippen molar-refractivity contribution in [1.82, 2.24) is 9.55 Å². The topological polar surface area (TPSA) is 132 Å². The monoisotopic (exact) mass is 342 g/mol. The lowest BCUT2D eigenvalue weighted by atomic mass is 10.2. The molecule has 0 bridgehead atoms. The molecule has 1 heterocycles. The summed E-state index contributed by atoms with van der Waals surface area (Å²) in [5.74, 6) is 0.00290. The van der Waals surface area contributed by atoms with Crippen molar-refractivity contribution >= 4 is 23.3 Å². The molecule has 6 N–H and O–H groups in total. The molecular weight excluding hydrogens is 320 g/mol. The van der Waals surface area contributed by atoms with Gasteiger partial charge in [0.2, 0.25) is 0 Å². The zero-order valence-corrected chi connectivity index (χ0v) is 14.4. The summed E-state index contributed by atoms with van der Waals surface area (Å²) in [6.45, 7) is 6.00. The van der Waals surface area contributed by atoms with E-state index in [1.54, 1.807) is 18.3 Å². The Kier molecular flexibility index (Phi) is 5.43. The van der Waals surface area contributed by atoms with E-state index in [0.717, 1.165) is 11.5 Å². The number of rotatable bonds is 5. The number of aromatic nitrogens is 2. The summed E-state index contributed by atoms with van der Waals surface area (Å²) in [7, 11) is 0. The molecule has 0 radical (unpaired) electrons. The van der Waals surface area contributed by atoms with Gasteiger partial charge in [-0.05, 0) is 45.0 Å². The third-order valence-electron chi connectivity index (χ3n) is 3.56. The van der Waals surface area contributed by atoms with Gasteiger partial charge >= 0.3 is 5.97 Å². The number of carboxylic acids is 1. The standard InChI is InChI=1S/C17H22N6O2/c1-10(2)23-11(3)20-9-15(23)14(8-18)22-17(19)21-13-6-4-12(5-7-13)16(24)25/h4-10H,18H2,1-3H3,(H,24,25)(H3,19,21,22)/b14-8-. The van der Waals surface area contributed by atoms with Crippen LogP contribution in [0.1, 0.15) is 41.8 Å². The molecule has 0 spiro atoms. The largest absolute Gasteiger partial charge is 0.478 e. The molecule has 2 aromatic rings. The van der Waals surface area contributed by atoms with Gasteiger partial charge in [-0.15, -0.1) is 0 Å². The molecule has 0 atom stereocenters. The molecule has 1 aromatic carbocycles. The van der Waals surface area contributed by atoms with Crippen LogP contribution < -0.4 is 16.8 Å². The van der Waals surface area contributed by atoms with Crippen molar-refractivity contribution in [3.8, 4) is 0 Å². The minimum absolute atomic E-state index is 0.133. The van der Waals surface area contributed by atoms with E-state index in [4.69, 9.17) is 16.6 Å². The van der Waals surface area contributed by atoms with Crippen LogP contribution in [0.15, 0.2) is 41.7 Å². The zero-order chi connectivity index (χ0) is 18.6. The number of carbonyl (C=O) groups is 1. The van der Waals surface area contributed by atoms with Crippen LogP contribution in [0.3, 0.4) is 0 Å². The van der Waals surface area contributed by atoms with E-state index in [0.29, 0.717) is 11.4 Å². The lowest BCUT2D eigenvalue weighted by Crippen LogP contribution is -2.23. The second-order valence-corrected chi connectivity index (χ2v) is 5.71. The summed E-state index contributed by atoms with van der Waals surface area (Å²) in [4.78, 5) is 19.5. The fraction of sp³-hybridized carbons (Fsp3) is 0.235. The molecule has 8 nitrogen and oxygen atoms in total. The lowest BCUT2D eigenvalue weighted by Gasteiger charge is -2.14. The molecule has 1 aromatic heterocycles. The SMILES string of the molecule is Cc1ncc(/C(=C/N)N=C(N)Nc2ccc(C(=O)O)cc2)n1C(C)C. The molecule has 0 aliphatic heterocycles. The fourth-order valence-electron chi connectivity index (χ4n) is 2.48. The second-order valence-electron chi connectivity index (χ2n) is 5.71. The van der Waals surface area contributed by atoms with Gasteiger partial charge in [0.05, 0.1) is 17.5 Å². The molecule has 0 aliphatic rings. The first kappa shape index (κ1) is 18.1. The molecule has 2 rings (SSSR count). The van der Waals surface area contributed by atoms with Gasteiger partial charge in [0.15, 0.2) is 5.96 Å². The van der Waals surface area contributed by atoms with Gasteiger partial charge in [-0.2, -0.15) is 0 Å². The average Bonchev–Trinajstić information content (AvgIpc) is 2.94. The third-order valence-corrected chi connectivity index (χ3v) is 3.56. The maximum absolute atomic E-state index is 10.9. The number of benzene rings is 1. The second kappa shape index (κ2) is 7.52. The highest BCUT2D eigenvalue weighted by atomic mass is 16.4. The van der Waals surface area contributed by atoms with Gasteiger partial charge in [0.25, 0.3) is 0 Å². The van der Waals surface area contributed by atoms with Crippen LogP contribution in [0, 0.1) is 6.92 Å². The van der Waals surface area contributed by atoms with E-state index >= 15 is 0 Å². The van der Waals surface area contributed by atoms with E-state index in [-0.39, 0.29) is 17.6 Å². The molecule has 0 unspecified atom stereocenters. The number of guanidine groups is 1. The Labute approximate surface area is 145 Å². The fourth-order valence-corrected chi connectivity index (χ4v) is 2.48. The van der Waals surface area contributed by atoms with Gasteiger partial charge in [-0.25, -0.2) is 14.8 Å². The van der Waals surface area contributed by atoms with Crippen molar-refractivity contribution in [1.29, 1.82) is 0 Å². The van der Waals surface area contributed by atoms with Crippen molar-refractivity contribution in [2.75, 3.05) is 5.32 Å². The van der Waals surface area contributed by atoms with Crippen LogP contribution in [0.2, 0.25) is 0 Å². The van der Waals surface area contributed by atoms with Crippen molar-refractivity contribution in [3.63, 3.8) is 0 Å². The van der Waals surface area contributed by atoms with E-state index in [1.165, 1.54) is 18.3 Å². The Bertz CT molecular complexity index is 818. The highest BCUT2D eigenvalue weighted by Gasteiger charge is 2.13. The van der Waals surface area contributed by atoms with Crippen LogP contribution in [-0.4, -0.2) is 26.6 Å². The van der Waals surface area contributed by atoms with E-state index in [1.807, 2.05) is 25.3 Å². The highest BCUT2D eigenvalue weighted by Crippen LogP contribution is 2.21. The Morgan fingerprint density at radius 2 is 2.00 bits per heavy atom. The van der Waals surface area contributed by atoms with Gasteiger partial charge in [-0.3, -0.25) is 0 Å². The third kappa shape index (κ3) is 4.17. The average molecular weight is 342 g/mol. The van der Waals surface area contributed by atoms with Crippen molar-refractivity contribution in [3.05, 3.63) is 53.7 Å². The number of carboxylic acid groups (broad SMARTS) is 1. The van der Waals surface area contributed by atoms with Crippen LogP contribution in [0.5, 0.6) is 0 Å². The Balaban J connectivity index is 2.23. The number of aryl methyl sites for hydroxylation is 1. The maximum atomic E-state index is 10.9. The predicted molar refractivity (Wildman–Crippen MR) is 98.2 cm³/mol. The van der Waals surface area contributed by atoms with E-state index in [2.05, 4.69) is 15.3 Å². The first-order valence-corrected chi connectivity index (χ1v) is 7.74. The predicted octanol–water partition coefficient (Wildman–Crippen LogP) is 2.15. The number of aromatic carboxylic acids is 1. The van der Waals surface area contributed by atoms with Crippen molar-refractivity contribution in [2.45, 2.75) is 26.8 Å². The smallest absolute Gasteiger partial charge is 0.335 e. The van der Waals surface area contributed by atoms with Gasteiger partial charge in [0.1, 0.15) is 11.5 Å². The number of nitrogens with zero attached hydrogens (tertiary/aromatic N) is 3. The van der Waals surface area contributed by atoms with Gasteiger partial charge in [-0.1, -0.05) is 0 Å². The first-order valence-electron chi connectivity index (χ1n) is 7.74. The van der Waals surface area contributed by atoms with E-state index < -0.39 is 5.97 Å². The molecule has 8 heteroatoms. The number of anilines is 1. The summed E-state index contributed by atoms with van der Waals surface area (Å²) in [6.07, 6.45) is 3.07. The molecule has 0 aliphatic carbocycles. The Hall–Kier alpha value is -3.29. The van der Waals surface area contributed by atoms with Crippen molar-refractivity contribution < 1.29 is 9.90 Å². The number of nitrogens with one attached hydrogen (secondary N) is 1. The zero-order valence-electron chi connectivity index (χ0n) is 14.4. The molecule has 0 saturated heterocycles. The molecular formula is C17H22N6O2. The first-order chi connectivity index (χ1) is 11.8. The van der Waals surface area contributed by atoms with Gasteiger partial charge in [0, 0.05) is 17.9 Å². The van der Waals surface area contributed by atoms with Gasteiger partial charge < -0.3 is 26.5 Å². The van der Waals surface area contributed by atoms with Crippen LogP contribution in [0.25, 0.3) is 5.70 Å². The number of nitrogens with two attached hydrogens (primary N) is 2.